The van der Waals surface area contributed by atoms with Gasteiger partial charge in [-0.3, -0.25) is 0 Å². The van der Waals surface area contributed by atoms with E-state index in [0.717, 1.165) is 16.4 Å². The van der Waals surface area contributed by atoms with Gasteiger partial charge in [0, 0.05) is 0 Å². The van der Waals surface area contributed by atoms with Crippen LogP contribution in [0.4, 0.5) is 10.5 Å². The lowest BCUT2D eigenvalue weighted by molar-refractivity contribution is 0.0693. The zero-order valence-corrected chi connectivity index (χ0v) is 8.31. The van der Waals surface area contributed by atoms with Gasteiger partial charge in [-0.1, -0.05) is 12.8 Å². The second-order valence-corrected chi connectivity index (χ2v) is 3.06. The third-order valence-electron chi connectivity index (χ3n) is 1.66. The molecule has 1 aromatic carbocycles. The van der Waals surface area contributed by atoms with Crippen LogP contribution in [0.15, 0.2) is 18.2 Å². The zero-order valence-electron chi connectivity index (χ0n) is 7.41. The van der Waals surface area contributed by atoms with E-state index in [-0.39, 0.29) is 11.3 Å². The number of nitrogens with zero attached hydrogens (tertiary/aromatic N) is 1. The van der Waals surface area contributed by atoms with Crippen LogP contribution in [0.1, 0.15) is 10.4 Å². The maximum atomic E-state index is 10.7. The second-order valence-electron chi connectivity index (χ2n) is 2.66. The number of hydrogen-bond acceptors (Lipinski definition) is 4. The summed E-state index contributed by atoms with van der Waals surface area (Å²) in [5.74, 6) is -1.70. The highest BCUT2D eigenvalue weighted by atomic mass is 32.1. The van der Waals surface area contributed by atoms with Crippen LogP contribution in [-0.4, -0.2) is 22.2 Å². The van der Waals surface area contributed by atoms with E-state index >= 15 is 0 Å². The quantitative estimate of drug-likeness (QED) is 0.562. The Morgan fingerprint density at radius 2 is 2.00 bits per heavy atom. The van der Waals surface area contributed by atoms with Gasteiger partial charge >= 0.3 is 12.0 Å². The number of benzene rings is 1. The summed E-state index contributed by atoms with van der Waals surface area (Å²) in [6, 6.07) is 2.71. The van der Waals surface area contributed by atoms with Crippen LogP contribution in [0.5, 0.6) is 5.75 Å². The number of rotatable bonds is 2. The summed E-state index contributed by atoms with van der Waals surface area (Å²) in [6.07, 6.45) is 0. The smallest absolute Gasteiger partial charge is 0.339 e. The molecule has 0 saturated carbocycles. The van der Waals surface area contributed by atoms with E-state index in [1.807, 2.05) is 0 Å². The minimum Gasteiger partial charge on any atom is -0.507 e. The van der Waals surface area contributed by atoms with Crippen molar-refractivity contribution in [1.29, 1.82) is 0 Å². The number of thiol groups is 1. The van der Waals surface area contributed by atoms with Gasteiger partial charge in [-0.25, -0.2) is 13.9 Å². The predicted molar refractivity (Wildman–Crippen MR) is 56.1 cm³/mol. The number of aromatic hydroxyl groups is 1. The lowest BCUT2D eigenvalue weighted by Gasteiger charge is -2.13. The Labute approximate surface area is 90.5 Å². The van der Waals surface area contributed by atoms with E-state index < -0.39 is 17.7 Å². The van der Waals surface area contributed by atoms with Gasteiger partial charge in [0.2, 0.25) is 0 Å². The number of carboxylic acid groups (broad SMARTS) is 1. The van der Waals surface area contributed by atoms with E-state index in [1.165, 1.54) is 6.07 Å². The van der Waals surface area contributed by atoms with Crippen molar-refractivity contribution in [3.63, 3.8) is 0 Å². The number of anilines is 1. The summed E-state index contributed by atoms with van der Waals surface area (Å²) < 4.78 is 0.770. The molecule has 0 heterocycles. The van der Waals surface area contributed by atoms with Gasteiger partial charge in [0.05, 0.1) is 5.69 Å². The molecule has 0 aliphatic carbocycles. The number of phenols is 1. The average molecular weight is 228 g/mol. The molecule has 0 aliphatic heterocycles. The molecule has 0 atom stereocenters. The fraction of sp³-hybridized carbons (Fsp3) is 0. The predicted octanol–water partition coefficient (Wildman–Crippen LogP) is 0.820. The highest BCUT2D eigenvalue weighted by Gasteiger charge is 2.14. The van der Waals surface area contributed by atoms with Crippen LogP contribution < -0.4 is 10.0 Å². The van der Waals surface area contributed by atoms with Crippen molar-refractivity contribution >= 4 is 30.5 Å². The maximum absolute atomic E-state index is 10.7. The number of carboxylic acids is 1. The average Bonchev–Trinajstić information content (AvgIpc) is 2.16. The summed E-state index contributed by atoms with van der Waals surface area (Å²) in [7, 11) is 0. The van der Waals surface area contributed by atoms with Gasteiger partial charge in [0.25, 0.3) is 0 Å². The Kier molecular flexibility index (Phi) is 3.05. The molecule has 0 spiro atoms. The molecule has 0 saturated heterocycles. The monoisotopic (exact) mass is 228 g/mol. The fourth-order valence-corrected chi connectivity index (χ4v) is 1.08. The summed E-state index contributed by atoms with van der Waals surface area (Å²) in [4.78, 5) is 21.4. The van der Waals surface area contributed by atoms with Gasteiger partial charge in [-0.2, -0.15) is 0 Å². The van der Waals surface area contributed by atoms with Gasteiger partial charge in [-0.05, 0) is 18.2 Å². The Morgan fingerprint density at radius 1 is 1.40 bits per heavy atom. The molecule has 0 aliphatic rings. The van der Waals surface area contributed by atoms with Gasteiger partial charge in [0.15, 0.2) is 0 Å². The first-order chi connectivity index (χ1) is 6.93. The Hall–Kier alpha value is -1.89. The summed E-state index contributed by atoms with van der Waals surface area (Å²) in [5, 5.41) is 17.9. The molecule has 7 heteroatoms. The minimum absolute atomic E-state index is 0.168. The Balaban J connectivity index is 3.18. The molecule has 80 valence electrons. The van der Waals surface area contributed by atoms with Crippen LogP contribution in [0.3, 0.4) is 0 Å². The lowest BCUT2D eigenvalue weighted by Crippen LogP contribution is -2.27. The molecule has 1 aromatic rings. The van der Waals surface area contributed by atoms with Crippen molar-refractivity contribution in [3.05, 3.63) is 23.8 Å². The number of urea groups is 1. The first-order valence-electron chi connectivity index (χ1n) is 3.78. The minimum atomic E-state index is -1.31. The number of hydrogen-bond donors (Lipinski definition) is 4. The SMILES string of the molecule is NC(=O)N(S)c1ccc(O)c(C(=O)O)c1. The summed E-state index contributed by atoms with van der Waals surface area (Å²) >= 11 is 3.75. The molecular weight excluding hydrogens is 220 g/mol. The third kappa shape index (κ3) is 2.32. The molecule has 0 radical (unpaired) electrons. The lowest BCUT2D eigenvalue weighted by atomic mass is 10.2. The van der Waals surface area contributed by atoms with E-state index in [9.17, 15) is 14.7 Å². The number of aromatic carboxylic acids is 1. The fourth-order valence-electron chi connectivity index (χ4n) is 0.954. The first kappa shape index (κ1) is 11.2. The molecular formula is C8H8N2O4S. The first-order valence-corrected chi connectivity index (χ1v) is 4.18. The number of carbonyl (C=O) groups excluding carboxylic acids is 1. The topological polar surface area (TPSA) is 104 Å². The van der Waals surface area contributed by atoms with Gasteiger partial charge < -0.3 is 15.9 Å². The molecule has 15 heavy (non-hydrogen) atoms. The molecule has 0 bridgehead atoms. The maximum Gasteiger partial charge on any atom is 0.339 e. The van der Waals surface area contributed by atoms with Crippen molar-refractivity contribution in [3.8, 4) is 5.75 Å². The molecule has 0 unspecified atom stereocenters. The standard InChI is InChI=1S/C8H8N2O4S/c9-8(14)10(15)4-1-2-6(11)5(3-4)7(12)13/h1-3,11,15H,(H2,9,14)(H,12,13). The van der Waals surface area contributed by atoms with Crippen LogP contribution >= 0.6 is 12.8 Å². The highest BCUT2D eigenvalue weighted by Crippen LogP contribution is 2.24. The Morgan fingerprint density at radius 3 is 2.47 bits per heavy atom. The zero-order chi connectivity index (χ0) is 11.6. The Bertz CT molecular complexity index is 421. The van der Waals surface area contributed by atoms with E-state index in [0.29, 0.717) is 0 Å². The van der Waals surface area contributed by atoms with Crippen molar-refractivity contribution < 1.29 is 19.8 Å². The van der Waals surface area contributed by atoms with E-state index in [2.05, 4.69) is 12.8 Å². The van der Waals surface area contributed by atoms with Crippen LogP contribution in [0.25, 0.3) is 0 Å². The van der Waals surface area contributed by atoms with Gasteiger partial charge in [-0.15, -0.1) is 0 Å². The van der Waals surface area contributed by atoms with Crippen LogP contribution in [0, 0.1) is 0 Å². The second kappa shape index (κ2) is 4.09. The van der Waals surface area contributed by atoms with Crippen molar-refractivity contribution in [2.75, 3.05) is 4.31 Å². The number of primary amides is 1. The largest absolute Gasteiger partial charge is 0.507 e. The van der Waals surface area contributed by atoms with Crippen molar-refractivity contribution in [2.45, 2.75) is 0 Å². The molecule has 6 nitrogen and oxygen atoms in total. The van der Waals surface area contributed by atoms with E-state index in [4.69, 9.17) is 10.8 Å². The summed E-state index contributed by atoms with van der Waals surface area (Å²) in [6.45, 7) is 0. The number of amides is 2. The molecule has 0 aromatic heterocycles. The number of carbonyl (C=O) groups is 2. The normalized spacial score (nSPS) is 9.67. The molecule has 4 N–H and O–H groups in total. The van der Waals surface area contributed by atoms with E-state index in [1.54, 1.807) is 0 Å². The highest BCUT2D eigenvalue weighted by molar-refractivity contribution is 7.82. The molecule has 0 fully saturated rings. The van der Waals surface area contributed by atoms with Crippen molar-refractivity contribution in [1.82, 2.24) is 0 Å². The van der Waals surface area contributed by atoms with Crippen LogP contribution in [0.2, 0.25) is 0 Å². The number of nitrogens with two attached hydrogens (primary N) is 1. The third-order valence-corrected chi connectivity index (χ3v) is 2.09. The van der Waals surface area contributed by atoms with Crippen molar-refractivity contribution in [2.24, 2.45) is 5.73 Å². The molecule has 2 amide bonds. The van der Waals surface area contributed by atoms with Gasteiger partial charge in [0.1, 0.15) is 11.3 Å². The molecule has 1 rings (SSSR count). The summed E-state index contributed by atoms with van der Waals surface area (Å²) in [5.41, 5.74) is 4.77. The van der Waals surface area contributed by atoms with Crippen LogP contribution in [-0.2, 0) is 0 Å².